The largest absolute Gasteiger partial charge is 0.493 e. The van der Waals surface area contributed by atoms with Gasteiger partial charge in [0.05, 0.1) is 12.8 Å². The van der Waals surface area contributed by atoms with E-state index in [2.05, 4.69) is 15.4 Å². The van der Waals surface area contributed by atoms with Gasteiger partial charge in [0.2, 0.25) is 0 Å². The molecule has 0 radical (unpaired) electrons. The van der Waals surface area contributed by atoms with Crippen molar-refractivity contribution in [2.24, 2.45) is 0 Å². The van der Waals surface area contributed by atoms with E-state index in [9.17, 15) is 0 Å². The predicted octanol–water partition coefficient (Wildman–Crippen LogP) is 3.33. The predicted molar refractivity (Wildman–Crippen MR) is 82.4 cm³/mol. The van der Waals surface area contributed by atoms with Gasteiger partial charge < -0.3 is 10.1 Å². The van der Waals surface area contributed by atoms with Crippen molar-refractivity contribution in [3.05, 3.63) is 60.6 Å². The molecule has 0 atom stereocenters. The highest BCUT2D eigenvalue weighted by Crippen LogP contribution is 2.26. The number of hydrogen-bond donors (Lipinski definition) is 1. The number of aryl methyl sites for hydroxylation is 1. The molecule has 0 saturated heterocycles. The number of methoxy groups -OCH3 is 1. The lowest BCUT2D eigenvalue weighted by atomic mass is 10.2. The second-order valence-electron chi connectivity index (χ2n) is 4.63. The number of rotatable bonds is 4. The summed E-state index contributed by atoms with van der Waals surface area (Å²) in [6.07, 6.45) is 3.66. The summed E-state index contributed by atoms with van der Waals surface area (Å²) in [5.74, 6) is 1.42. The summed E-state index contributed by atoms with van der Waals surface area (Å²) in [5, 5.41) is 7.52. The van der Waals surface area contributed by atoms with Crippen molar-refractivity contribution in [2.45, 2.75) is 6.92 Å². The van der Waals surface area contributed by atoms with Crippen LogP contribution in [0.1, 0.15) is 5.69 Å². The Balaban J connectivity index is 1.92. The third-order valence-electron chi connectivity index (χ3n) is 3.10. The summed E-state index contributed by atoms with van der Waals surface area (Å²) in [6, 6.07) is 13.7. The number of anilines is 2. The minimum atomic E-state index is 0.704. The SMILES string of the molecule is COc1ccc(C)nc1Nc1cccc(-n2cccn2)c1. The fraction of sp³-hybridized carbons (Fsp3) is 0.125. The summed E-state index contributed by atoms with van der Waals surface area (Å²) in [5.41, 5.74) is 2.84. The van der Waals surface area contributed by atoms with Gasteiger partial charge in [0.25, 0.3) is 0 Å². The quantitative estimate of drug-likeness (QED) is 0.796. The van der Waals surface area contributed by atoms with Gasteiger partial charge in [-0.2, -0.15) is 5.10 Å². The number of aromatic nitrogens is 3. The maximum atomic E-state index is 5.33. The van der Waals surface area contributed by atoms with E-state index in [1.807, 2.05) is 60.3 Å². The van der Waals surface area contributed by atoms with Gasteiger partial charge in [-0.05, 0) is 43.3 Å². The van der Waals surface area contributed by atoms with E-state index >= 15 is 0 Å². The molecular weight excluding hydrogens is 264 g/mol. The van der Waals surface area contributed by atoms with E-state index in [1.165, 1.54) is 0 Å². The first-order chi connectivity index (χ1) is 10.3. The molecule has 0 aliphatic carbocycles. The van der Waals surface area contributed by atoms with Crippen molar-refractivity contribution in [3.8, 4) is 11.4 Å². The lowest BCUT2D eigenvalue weighted by Crippen LogP contribution is -2.00. The Morgan fingerprint density at radius 2 is 2.05 bits per heavy atom. The fourth-order valence-electron chi connectivity index (χ4n) is 2.08. The van der Waals surface area contributed by atoms with Gasteiger partial charge in [-0.3, -0.25) is 0 Å². The van der Waals surface area contributed by atoms with Crippen molar-refractivity contribution in [1.29, 1.82) is 0 Å². The van der Waals surface area contributed by atoms with Crippen molar-refractivity contribution in [2.75, 3.05) is 12.4 Å². The lowest BCUT2D eigenvalue weighted by Gasteiger charge is -2.12. The Labute approximate surface area is 123 Å². The monoisotopic (exact) mass is 280 g/mol. The second kappa shape index (κ2) is 5.66. The Bertz CT molecular complexity index is 738. The summed E-state index contributed by atoms with van der Waals surface area (Å²) < 4.78 is 7.14. The molecule has 0 aliphatic rings. The van der Waals surface area contributed by atoms with Crippen LogP contribution in [0.5, 0.6) is 5.75 Å². The van der Waals surface area contributed by atoms with Crippen LogP contribution in [-0.2, 0) is 0 Å². The van der Waals surface area contributed by atoms with Gasteiger partial charge in [0.1, 0.15) is 0 Å². The standard InChI is InChI=1S/C16H16N4O/c1-12-7-8-15(21-2)16(18-12)19-13-5-3-6-14(11-13)20-10-4-9-17-20/h3-11H,1-2H3,(H,18,19). The molecule has 0 spiro atoms. The molecular formula is C16H16N4O. The minimum absolute atomic E-state index is 0.704. The number of benzene rings is 1. The molecule has 1 aromatic carbocycles. The molecule has 2 aromatic heterocycles. The van der Waals surface area contributed by atoms with E-state index in [4.69, 9.17) is 4.74 Å². The van der Waals surface area contributed by atoms with Crippen LogP contribution in [0.3, 0.4) is 0 Å². The van der Waals surface area contributed by atoms with Crippen LogP contribution in [-0.4, -0.2) is 21.9 Å². The molecule has 3 rings (SSSR count). The van der Waals surface area contributed by atoms with Crippen LogP contribution < -0.4 is 10.1 Å². The highest BCUT2D eigenvalue weighted by molar-refractivity contribution is 5.64. The van der Waals surface area contributed by atoms with Gasteiger partial charge in [0.15, 0.2) is 11.6 Å². The molecule has 5 heteroatoms. The Hall–Kier alpha value is -2.82. The maximum Gasteiger partial charge on any atom is 0.173 e. The van der Waals surface area contributed by atoms with Gasteiger partial charge in [-0.25, -0.2) is 9.67 Å². The van der Waals surface area contributed by atoms with Crippen molar-refractivity contribution in [1.82, 2.24) is 14.8 Å². The van der Waals surface area contributed by atoms with E-state index in [-0.39, 0.29) is 0 Å². The molecule has 0 unspecified atom stereocenters. The molecule has 2 heterocycles. The maximum absolute atomic E-state index is 5.33. The highest BCUT2D eigenvalue weighted by atomic mass is 16.5. The van der Waals surface area contributed by atoms with Crippen molar-refractivity contribution < 1.29 is 4.74 Å². The second-order valence-corrected chi connectivity index (χ2v) is 4.63. The molecule has 5 nitrogen and oxygen atoms in total. The Kier molecular flexibility index (Phi) is 3.55. The van der Waals surface area contributed by atoms with Gasteiger partial charge in [-0.15, -0.1) is 0 Å². The number of hydrogen-bond acceptors (Lipinski definition) is 4. The molecule has 0 fully saturated rings. The third kappa shape index (κ3) is 2.86. The van der Waals surface area contributed by atoms with Crippen LogP contribution in [0, 0.1) is 6.92 Å². The summed E-state index contributed by atoms with van der Waals surface area (Å²) in [4.78, 5) is 4.47. The van der Waals surface area contributed by atoms with Crippen LogP contribution >= 0.6 is 0 Å². The molecule has 106 valence electrons. The van der Waals surface area contributed by atoms with E-state index in [0.717, 1.165) is 17.1 Å². The van der Waals surface area contributed by atoms with E-state index < -0.39 is 0 Å². The molecule has 0 amide bonds. The van der Waals surface area contributed by atoms with Crippen molar-refractivity contribution in [3.63, 3.8) is 0 Å². The zero-order valence-electron chi connectivity index (χ0n) is 11.9. The molecule has 0 saturated carbocycles. The number of nitrogens with one attached hydrogen (secondary N) is 1. The smallest absolute Gasteiger partial charge is 0.173 e. The van der Waals surface area contributed by atoms with Gasteiger partial charge in [0, 0.05) is 23.8 Å². The minimum Gasteiger partial charge on any atom is -0.493 e. The average Bonchev–Trinajstić information content (AvgIpc) is 3.02. The Morgan fingerprint density at radius 3 is 2.81 bits per heavy atom. The van der Waals surface area contributed by atoms with Crippen LogP contribution in [0.4, 0.5) is 11.5 Å². The van der Waals surface area contributed by atoms with E-state index in [0.29, 0.717) is 11.6 Å². The summed E-state index contributed by atoms with van der Waals surface area (Å²) >= 11 is 0. The lowest BCUT2D eigenvalue weighted by molar-refractivity contribution is 0.415. The number of pyridine rings is 1. The van der Waals surface area contributed by atoms with Gasteiger partial charge >= 0.3 is 0 Å². The highest BCUT2D eigenvalue weighted by Gasteiger charge is 2.06. The van der Waals surface area contributed by atoms with Crippen LogP contribution in [0.2, 0.25) is 0 Å². The topological polar surface area (TPSA) is 52.0 Å². The third-order valence-corrected chi connectivity index (χ3v) is 3.10. The Morgan fingerprint density at radius 1 is 1.14 bits per heavy atom. The molecule has 1 N–H and O–H groups in total. The summed E-state index contributed by atoms with van der Waals surface area (Å²) in [6.45, 7) is 1.95. The van der Waals surface area contributed by atoms with Crippen molar-refractivity contribution >= 4 is 11.5 Å². The first-order valence-corrected chi connectivity index (χ1v) is 6.65. The zero-order valence-corrected chi connectivity index (χ0v) is 11.9. The molecule has 0 aliphatic heterocycles. The zero-order chi connectivity index (χ0) is 14.7. The van der Waals surface area contributed by atoms with E-state index in [1.54, 1.807) is 13.3 Å². The molecule has 0 bridgehead atoms. The summed E-state index contributed by atoms with van der Waals surface area (Å²) in [7, 11) is 1.64. The van der Waals surface area contributed by atoms with Gasteiger partial charge in [-0.1, -0.05) is 6.07 Å². The first kappa shape index (κ1) is 13.2. The average molecular weight is 280 g/mol. The molecule has 3 aromatic rings. The normalized spacial score (nSPS) is 10.4. The number of nitrogens with zero attached hydrogens (tertiary/aromatic N) is 3. The van der Waals surface area contributed by atoms with Crippen LogP contribution in [0.25, 0.3) is 5.69 Å². The number of ether oxygens (including phenoxy) is 1. The van der Waals surface area contributed by atoms with Crippen LogP contribution in [0.15, 0.2) is 54.9 Å². The molecule has 21 heavy (non-hydrogen) atoms. The first-order valence-electron chi connectivity index (χ1n) is 6.65. The fourth-order valence-corrected chi connectivity index (χ4v) is 2.08.